The van der Waals surface area contributed by atoms with E-state index in [0.717, 1.165) is 0 Å². The zero-order chi connectivity index (χ0) is 17.4. The quantitative estimate of drug-likeness (QED) is 0.582. The van der Waals surface area contributed by atoms with E-state index < -0.39 is 30.2 Å². The van der Waals surface area contributed by atoms with Crippen LogP contribution in [0.25, 0.3) is 0 Å². The van der Waals surface area contributed by atoms with Gasteiger partial charge in [0, 0.05) is 25.4 Å². The molecule has 1 amide bonds. The zero-order valence-electron chi connectivity index (χ0n) is 12.7. The SMILES string of the molecule is CC(=O)OC(C)OC(=O)NCCC(C(=O)O)c1ccc(Cl)cc1. The third kappa shape index (κ3) is 7.01. The molecule has 2 unspecified atom stereocenters. The summed E-state index contributed by atoms with van der Waals surface area (Å²) in [6.45, 7) is 2.68. The molecule has 1 aromatic carbocycles. The maximum absolute atomic E-state index is 11.5. The minimum Gasteiger partial charge on any atom is -0.481 e. The molecule has 2 atom stereocenters. The minimum atomic E-state index is -1.01. The van der Waals surface area contributed by atoms with Gasteiger partial charge < -0.3 is 19.9 Å². The van der Waals surface area contributed by atoms with Crippen LogP contribution in [-0.2, 0) is 19.1 Å². The molecule has 0 saturated carbocycles. The highest BCUT2D eigenvalue weighted by atomic mass is 35.5. The molecule has 0 aliphatic rings. The van der Waals surface area contributed by atoms with Crippen LogP contribution in [0.4, 0.5) is 4.79 Å². The first-order valence-corrected chi connectivity index (χ1v) is 7.27. The van der Waals surface area contributed by atoms with Crippen molar-refractivity contribution in [3.05, 3.63) is 34.9 Å². The van der Waals surface area contributed by atoms with Gasteiger partial charge in [-0.25, -0.2) is 4.79 Å². The van der Waals surface area contributed by atoms with Gasteiger partial charge in [-0.15, -0.1) is 0 Å². The summed E-state index contributed by atoms with van der Waals surface area (Å²) in [5.41, 5.74) is 0.588. The lowest BCUT2D eigenvalue weighted by atomic mass is 9.96. The Morgan fingerprint density at radius 3 is 2.35 bits per heavy atom. The highest BCUT2D eigenvalue weighted by molar-refractivity contribution is 6.30. The first-order valence-electron chi connectivity index (χ1n) is 6.89. The number of carbonyl (C=O) groups is 3. The second-order valence-corrected chi connectivity index (χ2v) is 5.18. The number of ether oxygens (including phenoxy) is 2. The number of hydrogen-bond acceptors (Lipinski definition) is 5. The molecule has 23 heavy (non-hydrogen) atoms. The number of rotatable bonds is 7. The number of aliphatic carboxylic acids is 1. The van der Waals surface area contributed by atoms with Crippen LogP contribution in [0, 0.1) is 0 Å². The molecule has 0 bridgehead atoms. The number of esters is 1. The van der Waals surface area contributed by atoms with E-state index in [4.69, 9.17) is 16.3 Å². The van der Waals surface area contributed by atoms with Crippen molar-refractivity contribution in [1.29, 1.82) is 0 Å². The van der Waals surface area contributed by atoms with E-state index in [0.29, 0.717) is 10.6 Å². The van der Waals surface area contributed by atoms with E-state index in [-0.39, 0.29) is 13.0 Å². The standard InChI is InChI=1S/C15H18ClNO6/c1-9(18)22-10(2)23-15(21)17-8-7-13(14(19)20)11-3-5-12(16)6-4-11/h3-6,10,13H,7-8H2,1-2H3,(H,17,21)(H,19,20). The van der Waals surface area contributed by atoms with Gasteiger partial charge >= 0.3 is 18.0 Å². The summed E-state index contributed by atoms with van der Waals surface area (Å²) in [7, 11) is 0. The molecule has 0 aromatic heterocycles. The number of hydrogen-bond donors (Lipinski definition) is 2. The molecule has 8 heteroatoms. The molecule has 0 spiro atoms. The third-order valence-corrected chi connectivity index (χ3v) is 3.13. The molecule has 7 nitrogen and oxygen atoms in total. The van der Waals surface area contributed by atoms with Gasteiger partial charge in [-0.1, -0.05) is 23.7 Å². The van der Waals surface area contributed by atoms with E-state index in [2.05, 4.69) is 10.1 Å². The summed E-state index contributed by atoms with van der Waals surface area (Å²) in [6.07, 6.45) is -1.63. The number of alkyl carbamates (subject to hydrolysis) is 1. The molecule has 0 aliphatic carbocycles. The number of amides is 1. The van der Waals surface area contributed by atoms with Crippen LogP contribution in [0.3, 0.4) is 0 Å². The number of carboxylic acids is 1. The van der Waals surface area contributed by atoms with Gasteiger partial charge in [-0.05, 0) is 24.1 Å². The minimum absolute atomic E-state index is 0.0885. The average Bonchev–Trinajstić information content (AvgIpc) is 2.43. The topological polar surface area (TPSA) is 102 Å². The second-order valence-electron chi connectivity index (χ2n) is 4.74. The van der Waals surface area contributed by atoms with Crippen LogP contribution in [0.15, 0.2) is 24.3 Å². The lowest BCUT2D eigenvalue weighted by molar-refractivity contribution is -0.162. The normalized spacial score (nSPS) is 12.8. The molecular weight excluding hydrogens is 326 g/mol. The summed E-state index contributed by atoms with van der Waals surface area (Å²) < 4.78 is 9.41. The number of carbonyl (C=O) groups excluding carboxylic acids is 2. The van der Waals surface area contributed by atoms with Gasteiger partial charge in [0.2, 0.25) is 6.29 Å². The summed E-state index contributed by atoms with van der Waals surface area (Å²) >= 11 is 5.77. The van der Waals surface area contributed by atoms with Crippen molar-refractivity contribution in [3.63, 3.8) is 0 Å². The Kier molecular flexibility index (Phi) is 7.34. The third-order valence-electron chi connectivity index (χ3n) is 2.88. The van der Waals surface area contributed by atoms with Crippen molar-refractivity contribution in [3.8, 4) is 0 Å². The van der Waals surface area contributed by atoms with Crippen molar-refractivity contribution in [1.82, 2.24) is 5.32 Å². The van der Waals surface area contributed by atoms with Gasteiger partial charge in [-0.3, -0.25) is 9.59 Å². The summed E-state index contributed by atoms with van der Waals surface area (Å²) in [5.74, 6) is -2.35. The monoisotopic (exact) mass is 343 g/mol. The van der Waals surface area contributed by atoms with Gasteiger partial charge in [0.1, 0.15) is 0 Å². The Morgan fingerprint density at radius 1 is 1.22 bits per heavy atom. The van der Waals surface area contributed by atoms with Gasteiger partial charge in [-0.2, -0.15) is 0 Å². The molecule has 0 fully saturated rings. The Balaban J connectivity index is 2.47. The fraction of sp³-hybridized carbons (Fsp3) is 0.400. The van der Waals surface area contributed by atoms with Crippen LogP contribution in [0.2, 0.25) is 5.02 Å². The van der Waals surface area contributed by atoms with Crippen molar-refractivity contribution < 1.29 is 29.0 Å². The summed E-state index contributed by atoms with van der Waals surface area (Å²) in [4.78, 5) is 33.5. The first-order chi connectivity index (χ1) is 10.8. The smallest absolute Gasteiger partial charge is 0.410 e. The van der Waals surface area contributed by atoms with E-state index >= 15 is 0 Å². The van der Waals surface area contributed by atoms with E-state index in [1.165, 1.54) is 13.8 Å². The van der Waals surface area contributed by atoms with Crippen LogP contribution < -0.4 is 5.32 Å². The molecule has 0 saturated heterocycles. The Labute approximate surface area is 138 Å². The van der Waals surface area contributed by atoms with Crippen molar-refractivity contribution >= 4 is 29.6 Å². The molecule has 0 aliphatic heterocycles. The summed E-state index contributed by atoms with van der Waals surface area (Å²) in [5, 5.41) is 12.2. The highest BCUT2D eigenvalue weighted by Crippen LogP contribution is 2.21. The van der Waals surface area contributed by atoms with Crippen molar-refractivity contribution in [2.75, 3.05) is 6.54 Å². The molecule has 0 radical (unpaired) electrons. The molecule has 126 valence electrons. The molecule has 2 N–H and O–H groups in total. The Hall–Kier alpha value is -2.28. The van der Waals surface area contributed by atoms with Gasteiger partial charge in [0.05, 0.1) is 5.92 Å². The lowest BCUT2D eigenvalue weighted by Crippen LogP contribution is -2.31. The zero-order valence-corrected chi connectivity index (χ0v) is 13.5. The van der Waals surface area contributed by atoms with E-state index in [9.17, 15) is 19.5 Å². The van der Waals surface area contributed by atoms with Crippen LogP contribution in [-0.4, -0.2) is 36.0 Å². The predicted molar refractivity (Wildman–Crippen MR) is 82.2 cm³/mol. The molecule has 1 aromatic rings. The van der Waals surface area contributed by atoms with Gasteiger partial charge in [0.25, 0.3) is 0 Å². The number of halogens is 1. The predicted octanol–water partition coefficient (Wildman–Crippen LogP) is 2.53. The largest absolute Gasteiger partial charge is 0.481 e. The maximum atomic E-state index is 11.5. The van der Waals surface area contributed by atoms with Crippen LogP contribution in [0.1, 0.15) is 31.7 Å². The Bertz CT molecular complexity index is 560. The average molecular weight is 344 g/mol. The number of nitrogens with one attached hydrogen (secondary N) is 1. The van der Waals surface area contributed by atoms with Crippen LogP contribution in [0.5, 0.6) is 0 Å². The first kappa shape index (κ1) is 18.8. The van der Waals surface area contributed by atoms with Gasteiger partial charge in [0.15, 0.2) is 0 Å². The molecular formula is C15H18ClNO6. The molecule has 0 heterocycles. The van der Waals surface area contributed by atoms with Crippen molar-refractivity contribution in [2.45, 2.75) is 32.5 Å². The molecule has 1 rings (SSSR count). The number of carboxylic acid groups (broad SMARTS) is 1. The summed E-state index contributed by atoms with van der Waals surface area (Å²) in [6, 6.07) is 6.47. The fourth-order valence-corrected chi connectivity index (χ4v) is 2.02. The maximum Gasteiger partial charge on any atom is 0.410 e. The van der Waals surface area contributed by atoms with E-state index in [1.54, 1.807) is 24.3 Å². The highest BCUT2D eigenvalue weighted by Gasteiger charge is 2.20. The Morgan fingerprint density at radius 2 is 1.83 bits per heavy atom. The van der Waals surface area contributed by atoms with Crippen LogP contribution >= 0.6 is 11.6 Å². The lowest BCUT2D eigenvalue weighted by Gasteiger charge is -2.15. The fourth-order valence-electron chi connectivity index (χ4n) is 1.90. The van der Waals surface area contributed by atoms with E-state index in [1.807, 2.05) is 0 Å². The van der Waals surface area contributed by atoms with Crippen molar-refractivity contribution in [2.24, 2.45) is 0 Å². The number of benzene rings is 1. The second kappa shape index (κ2) is 8.99.